The van der Waals surface area contributed by atoms with Crippen molar-refractivity contribution < 1.29 is 4.43 Å². The summed E-state index contributed by atoms with van der Waals surface area (Å²) >= 11 is 0. The van der Waals surface area contributed by atoms with Crippen molar-refractivity contribution in [3.05, 3.63) is 60.7 Å². The van der Waals surface area contributed by atoms with Gasteiger partial charge in [-0.3, -0.25) is 0 Å². The molecular weight excluding hydrogens is 336 g/mol. The molecule has 0 bridgehead atoms. The molecule has 2 atom stereocenters. The smallest absolute Gasteiger partial charge is 0.261 e. The lowest BCUT2D eigenvalue weighted by Gasteiger charge is -2.43. The Morgan fingerprint density at radius 3 is 2.00 bits per heavy atom. The Labute approximate surface area is 158 Å². The van der Waals surface area contributed by atoms with Crippen LogP contribution in [0.4, 0.5) is 0 Å². The second kappa shape index (κ2) is 7.75. The highest BCUT2D eigenvalue weighted by Crippen LogP contribution is 2.37. The Morgan fingerprint density at radius 1 is 1.04 bits per heavy atom. The average molecular weight is 365 g/mol. The van der Waals surface area contributed by atoms with Gasteiger partial charge in [0.05, 0.1) is 18.6 Å². The number of benzene rings is 2. The minimum atomic E-state index is -2.47. The molecule has 0 amide bonds. The molecule has 0 aromatic heterocycles. The number of rotatable bonds is 5. The molecule has 1 aliphatic rings. The van der Waals surface area contributed by atoms with Gasteiger partial charge in [0, 0.05) is 12.6 Å². The zero-order valence-electron chi connectivity index (χ0n) is 15.9. The summed E-state index contributed by atoms with van der Waals surface area (Å²) in [5.74, 6) is 0.0998. The van der Waals surface area contributed by atoms with Gasteiger partial charge in [0.2, 0.25) is 0 Å². The van der Waals surface area contributed by atoms with Crippen molar-refractivity contribution in [2.24, 2.45) is 5.92 Å². The number of nitriles is 1. The number of hydrogen-bond acceptors (Lipinski definition) is 3. The van der Waals surface area contributed by atoms with Gasteiger partial charge in [-0.15, -0.1) is 0 Å². The van der Waals surface area contributed by atoms with E-state index in [0.717, 1.165) is 13.0 Å². The Hall–Kier alpha value is -1.93. The molecule has 0 aliphatic carbocycles. The van der Waals surface area contributed by atoms with E-state index in [9.17, 15) is 5.26 Å². The summed E-state index contributed by atoms with van der Waals surface area (Å²) in [7, 11) is -2.47. The Morgan fingerprint density at radius 2 is 1.58 bits per heavy atom. The van der Waals surface area contributed by atoms with E-state index < -0.39 is 8.32 Å². The molecule has 0 spiro atoms. The van der Waals surface area contributed by atoms with Crippen LogP contribution in [0.3, 0.4) is 0 Å². The summed E-state index contributed by atoms with van der Waals surface area (Å²) < 4.78 is 6.91. The number of hydrogen-bond donors (Lipinski definition) is 1. The van der Waals surface area contributed by atoms with Crippen LogP contribution in [-0.4, -0.2) is 27.5 Å². The van der Waals surface area contributed by atoms with Crippen LogP contribution in [-0.2, 0) is 4.43 Å². The first kappa shape index (κ1) is 18.8. The average Bonchev–Trinajstić information content (AvgIpc) is 3.11. The van der Waals surface area contributed by atoms with Crippen LogP contribution < -0.4 is 15.7 Å². The molecule has 1 heterocycles. The molecule has 3 rings (SSSR count). The van der Waals surface area contributed by atoms with Crippen LogP contribution in [0.1, 0.15) is 27.2 Å². The first-order valence-corrected chi connectivity index (χ1v) is 11.3. The Bertz CT molecular complexity index is 710. The second-order valence-electron chi connectivity index (χ2n) is 8.14. The molecule has 1 N–H and O–H groups in total. The fourth-order valence-corrected chi connectivity index (χ4v) is 8.64. The van der Waals surface area contributed by atoms with E-state index in [-0.39, 0.29) is 17.0 Å². The van der Waals surface area contributed by atoms with E-state index in [2.05, 4.69) is 92.8 Å². The first-order chi connectivity index (χ1) is 12.5. The molecule has 2 aromatic rings. The lowest BCUT2D eigenvalue weighted by atomic mass is 10.1. The summed E-state index contributed by atoms with van der Waals surface area (Å²) in [5, 5.41) is 15.2. The molecule has 1 aliphatic heterocycles. The van der Waals surface area contributed by atoms with Gasteiger partial charge in [-0.25, -0.2) is 0 Å². The lowest BCUT2D eigenvalue weighted by molar-refractivity contribution is 0.260. The van der Waals surface area contributed by atoms with E-state index in [1.807, 2.05) is 0 Å². The molecule has 0 saturated carbocycles. The molecule has 26 heavy (non-hydrogen) atoms. The van der Waals surface area contributed by atoms with E-state index in [4.69, 9.17) is 4.43 Å². The van der Waals surface area contributed by atoms with Crippen LogP contribution in [0.15, 0.2) is 60.7 Å². The highest BCUT2D eigenvalue weighted by Gasteiger charge is 2.50. The maximum Gasteiger partial charge on any atom is 0.261 e. The van der Waals surface area contributed by atoms with Gasteiger partial charge in [0.1, 0.15) is 0 Å². The van der Waals surface area contributed by atoms with Crippen molar-refractivity contribution in [3.63, 3.8) is 0 Å². The summed E-state index contributed by atoms with van der Waals surface area (Å²) in [4.78, 5) is 0. The standard InChI is InChI=1S/C22H28N2OSi/c1-22(2,3)26(20-10-6-4-7-11-20,21-12-8-5-9-13-21)25-17-19-14-18(15-23)16-24-19/h4-13,18-19,24H,14,16-17H2,1-3H3/t18-,19-/m0/s1. The van der Waals surface area contributed by atoms with Gasteiger partial charge in [0.25, 0.3) is 8.32 Å². The fourth-order valence-electron chi connectivity index (χ4n) is 4.03. The first-order valence-electron chi connectivity index (χ1n) is 9.35. The third-order valence-corrected chi connectivity index (χ3v) is 10.3. The number of nitrogens with one attached hydrogen (secondary N) is 1. The quantitative estimate of drug-likeness (QED) is 0.830. The summed E-state index contributed by atoms with van der Waals surface area (Å²) in [5.41, 5.74) is 0. The Kier molecular flexibility index (Phi) is 5.62. The van der Waals surface area contributed by atoms with Gasteiger partial charge < -0.3 is 9.74 Å². The van der Waals surface area contributed by atoms with E-state index in [0.29, 0.717) is 6.61 Å². The molecule has 1 fully saturated rings. The molecule has 2 aromatic carbocycles. The summed E-state index contributed by atoms with van der Waals surface area (Å²) in [6.07, 6.45) is 0.870. The summed E-state index contributed by atoms with van der Waals surface area (Å²) in [6, 6.07) is 24.0. The van der Waals surface area contributed by atoms with Crippen molar-refractivity contribution in [1.82, 2.24) is 5.32 Å². The topological polar surface area (TPSA) is 45.0 Å². The van der Waals surface area contributed by atoms with E-state index >= 15 is 0 Å². The van der Waals surface area contributed by atoms with Crippen LogP contribution in [0.5, 0.6) is 0 Å². The van der Waals surface area contributed by atoms with Crippen LogP contribution in [0, 0.1) is 17.2 Å². The van der Waals surface area contributed by atoms with Crippen LogP contribution >= 0.6 is 0 Å². The minimum Gasteiger partial charge on any atom is -0.406 e. The van der Waals surface area contributed by atoms with Gasteiger partial charge in [0.15, 0.2) is 0 Å². The maximum atomic E-state index is 9.18. The third-order valence-electron chi connectivity index (χ3n) is 5.32. The van der Waals surface area contributed by atoms with Crippen molar-refractivity contribution in [1.29, 1.82) is 5.26 Å². The van der Waals surface area contributed by atoms with Gasteiger partial charge in [-0.05, 0) is 21.8 Å². The molecule has 3 nitrogen and oxygen atoms in total. The van der Waals surface area contributed by atoms with Crippen LogP contribution in [0.25, 0.3) is 0 Å². The zero-order valence-corrected chi connectivity index (χ0v) is 16.9. The Balaban J connectivity index is 1.99. The summed E-state index contributed by atoms with van der Waals surface area (Å²) in [6.45, 7) is 8.29. The molecule has 1 saturated heterocycles. The van der Waals surface area contributed by atoms with E-state index in [1.165, 1.54) is 10.4 Å². The molecule has 136 valence electrons. The normalized spacial score (nSPS) is 20.7. The van der Waals surface area contributed by atoms with Gasteiger partial charge >= 0.3 is 0 Å². The lowest BCUT2D eigenvalue weighted by Crippen LogP contribution is -2.67. The monoisotopic (exact) mass is 364 g/mol. The maximum absolute atomic E-state index is 9.18. The molecule has 0 radical (unpaired) electrons. The van der Waals surface area contributed by atoms with Crippen molar-refractivity contribution in [2.75, 3.05) is 13.2 Å². The highest BCUT2D eigenvalue weighted by atomic mass is 28.4. The predicted molar refractivity (Wildman–Crippen MR) is 109 cm³/mol. The fraction of sp³-hybridized carbons (Fsp3) is 0.409. The third kappa shape index (κ3) is 3.61. The largest absolute Gasteiger partial charge is 0.406 e. The minimum absolute atomic E-state index is 0.0110. The highest BCUT2D eigenvalue weighted by molar-refractivity contribution is 6.99. The molecule has 0 unspecified atom stereocenters. The SMILES string of the molecule is CC(C)(C)[Si](OC[C@@H]1C[C@@H](C#N)CN1)(c1ccccc1)c1ccccc1. The van der Waals surface area contributed by atoms with Crippen molar-refractivity contribution in [3.8, 4) is 6.07 Å². The van der Waals surface area contributed by atoms with Crippen molar-refractivity contribution >= 4 is 18.7 Å². The van der Waals surface area contributed by atoms with Crippen molar-refractivity contribution in [2.45, 2.75) is 38.3 Å². The molecule has 4 heteroatoms. The number of nitrogens with zero attached hydrogens (tertiary/aromatic N) is 1. The van der Waals surface area contributed by atoms with Gasteiger partial charge in [-0.1, -0.05) is 81.4 Å². The van der Waals surface area contributed by atoms with Crippen LogP contribution in [0.2, 0.25) is 5.04 Å². The predicted octanol–water partition coefficient (Wildman–Crippen LogP) is 3.06. The van der Waals surface area contributed by atoms with Gasteiger partial charge in [-0.2, -0.15) is 5.26 Å². The van der Waals surface area contributed by atoms with E-state index in [1.54, 1.807) is 0 Å². The molecular formula is C22H28N2OSi. The zero-order chi connectivity index (χ0) is 18.6. The second-order valence-corrected chi connectivity index (χ2v) is 12.4.